The summed E-state index contributed by atoms with van der Waals surface area (Å²) in [5.74, 6) is 3.83. The van der Waals surface area contributed by atoms with Crippen molar-refractivity contribution in [1.82, 2.24) is 20.4 Å². The lowest BCUT2D eigenvalue weighted by molar-refractivity contribution is 0.0767. The zero-order valence-electron chi connectivity index (χ0n) is 14.3. The summed E-state index contributed by atoms with van der Waals surface area (Å²) < 4.78 is 11.2. The van der Waals surface area contributed by atoms with Crippen LogP contribution in [0.15, 0.2) is 9.52 Å². The van der Waals surface area contributed by atoms with E-state index in [1.807, 2.05) is 14.0 Å². The number of rotatable bonds is 4. The lowest BCUT2D eigenvalue weighted by atomic mass is 9.82. The van der Waals surface area contributed by atoms with Crippen molar-refractivity contribution in [2.45, 2.75) is 44.8 Å². The Morgan fingerprint density at radius 3 is 2.58 bits per heavy atom. The van der Waals surface area contributed by atoms with Gasteiger partial charge in [-0.25, -0.2) is 0 Å². The number of halogens is 1. The van der Waals surface area contributed by atoms with Crippen LogP contribution in [0.5, 0.6) is 0 Å². The first-order valence-electron chi connectivity index (χ1n) is 8.71. The summed E-state index contributed by atoms with van der Waals surface area (Å²) in [6.07, 6.45) is 4.98. The first kappa shape index (κ1) is 17.9. The summed E-state index contributed by atoms with van der Waals surface area (Å²) in [6.45, 7) is 4.91. The Bertz CT molecular complexity index is 575. The number of ether oxygens (including phenoxy) is 1. The monoisotopic (exact) mass is 447 g/mol. The highest BCUT2D eigenvalue weighted by molar-refractivity contribution is 14.0. The lowest BCUT2D eigenvalue weighted by Crippen LogP contribution is -2.42. The van der Waals surface area contributed by atoms with Crippen molar-refractivity contribution < 1.29 is 9.26 Å². The van der Waals surface area contributed by atoms with Gasteiger partial charge in [-0.05, 0) is 12.8 Å². The maximum Gasteiger partial charge on any atom is 0.226 e. The SMILES string of the molecule is CCc1nc(CCNC(=NC)N2CC3C4CCC(O4)C3C2)no1.I. The number of nitrogens with one attached hydrogen (secondary N) is 1. The Morgan fingerprint density at radius 2 is 2.00 bits per heavy atom. The molecule has 7 nitrogen and oxygen atoms in total. The summed E-state index contributed by atoms with van der Waals surface area (Å²) >= 11 is 0. The molecule has 1 aromatic rings. The molecule has 0 aromatic carbocycles. The van der Waals surface area contributed by atoms with Crippen molar-refractivity contribution in [3.05, 3.63) is 11.7 Å². The third-order valence-electron chi connectivity index (χ3n) is 5.41. The molecule has 1 aromatic heterocycles. The average molecular weight is 447 g/mol. The number of aromatic nitrogens is 2. The van der Waals surface area contributed by atoms with Crippen molar-refractivity contribution in [2.75, 3.05) is 26.7 Å². The van der Waals surface area contributed by atoms with Gasteiger partial charge in [0.2, 0.25) is 5.89 Å². The summed E-state index contributed by atoms with van der Waals surface area (Å²) in [5, 5.41) is 7.43. The molecule has 24 heavy (non-hydrogen) atoms. The largest absolute Gasteiger partial charge is 0.374 e. The molecule has 3 fully saturated rings. The van der Waals surface area contributed by atoms with E-state index in [-0.39, 0.29) is 24.0 Å². The molecule has 0 spiro atoms. The normalized spacial score (nSPS) is 31.2. The van der Waals surface area contributed by atoms with Crippen molar-refractivity contribution in [1.29, 1.82) is 0 Å². The first-order valence-corrected chi connectivity index (χ1v) is 8.71. The standard InChI is InChI=1S/C16H25N5O2.HI/c1-3-15-19-14(20-23-15)6-7-18-16(17-2)21-8-10-11(9-21)13-5-4-12(10)22-13;/h10-13H,3-9H2,1-2H3,(H,17,18);1H. The molecule has 4 heterocycles. The highest BCUT2D eigenvalue weighted by Crippen LogP contribution is 2.47. The molecular formula is C16H26IN5O2. The highest BCUT2D eigenvalue weighted by Gasteiger charge is 2.53. The van der Waals surface area contributed by atoms with Gasteiger partial charge in [0.25, 0.3) is 0 Å². The maximum absolute atomic E-state index is 6.04. The Morgan fingerprint density at radius 1 is 1.29 bits per heavy atom. The smallest absolute Gasteiger partial charge is 0.226 e. The molecule has 3 saturated heterocycles. The minimum Gasteiger partial charge on any atom is -0.374 e. The summed E-state index contributed by atoms with van der Waals surface area (Å²) in [5.41, 5.74) is 0. The molecule has 4 unspecified atom stereocenters. The minimum atomic E-state index is 0. The van der Waals surface area contributed by atoms with Crippen LogP contribution < -0.4 is 5.32 Å². The Kier molecular flexibility index (Phi) is 5.63. The van der Waals surface area contributed by atoms with Gasteiger partial charge in [0, 0.05) is 51.4 Å². The number of nitrogens with zero attached hydrogens (tertiary/aromatic N) is 4. The molecule has 1 N–H and O–H groups in total. The fourth-order valence-corrected chi connectivity index (χ4v) is 4.29. The fraction of sp³-hybridized carbons (Fsp3) is 0.812. The molecule has 4 atom stereocenters. The van der Waals surface area contributed by atoms with E-state index in [4.69, 9.17) is 9.26 Å². The van der Waals surface area contributed by atoms with E-state index in [0.717, 1.165) is 44.3 Å². The van der Waals surface area contributed by atoms with Crippen LogP contribution in [0.1, 0.15) is 31.5 Å². The number of aliphatic imine (C=N–C) groups is 1. The lowest BCUT2D eigenvalue weighted by Gasteiger charge is -2.23. The molecule has 0 saturated carbocycles. The molecule has 2 bridgehead atoms. The number of hydrogen-bond acceptors (Lipinski definition) is 5. The van der Waals surface area contributed by atoms with Crippen LogP contribution in [0.2, 0.25) is 0 Å². The van der Waals surface area contributed by atoms with E-state index < -0.39 is 0 Å². The molecule has 3 aliphatic rings. The van der Waals surface area contributed by atoms with Gasteiger partial charge in [-0.3, -0.25) is 4.99 Å². The zero-order valence-corrected chi connectivity index (χ0v) is 16.6. The molecule has 0 radical (unpaired) electrons. The van der Waals surface area contributed by atoms with Gasteiger partial charge in [-0.15, -0.1) is 24.0 Å². The quantitative estimate of drug-likeness (QED) is 0.428. The van der Waals surface area contributed by atoms with Crippen LogP contribution in [-0.2, 0) is 17.6 Å². The molecular weight excluding hydrogens is 421 g/mol. The number of fused-ring (bicyclic) bond motifs is 5. The van der Waals surface area contributed by atoms with E-state index in [9.17, 15) is 0 Å². The van der Waals surface area contributed by atoms with Crippen LogP contribution in [-0.4, -0.2) is 59.9 Å². The minimum absolute atomic E-state index is 0. The van der Waals surface area contributed by atoms with Gasteiger partial charge < -0.3 is 19.5 Å². The van der Waals surface area contributed by atoms with E-state index >= 15 is 0 Å². The second kappa shape index (κ2) is 7.55. The summed E-state index contributed by atoms with van der Waals surface area (Å²) in [7, 11) is 1.85. The van der Waals surface area contributed by atoms with Gasteiger partial charge >= 0.3 is 0 Å². The molecule has 4 rings (SSSR count). The molecule has 0 amide bonds. The number of likely N-dealkylation sites (tertiary alicyclic amines) is 1. The third kappa shape index (κ3) is 3.26. The zero-order chi connectivity index (χ0) is 15.8. The molecule has 0 aliphatic carbocycles. The van der Waals surface area contributed by atoms with Gasteiger partial charge in [0.05, 0.1) is 12.2 Å². The predicted molar refractivity (Wildman–Crippen MR) is 101 cm³/mol. The molecule has 134 valence electrons. The maximum atomic E-state index is 6.04. The highest BCUT2D eigenvalue weighted by atomic mass is 127. The van der Waals surface area contributed by atoms with Gasteiger partial charge in [-0.2, -0.15) is 4.98 Å². The Balaban J connectivity index is 0.00000169. The topological polar surface area (TPSA) is 75.8 Å². The van der Waals surface area contributed by atoms with Crippen LogP contribution in [0.25, 0.3) is 0 Å². The van der Waals surface area contributed by atoms with E-state index in [1.165, 1.54) is 12.8 Å². The van der Waals surface area contributed by atoms with Gasteiger partial charge in [0.15, 0.2) is 11.8 Å². The average Bonchev–Trinajstić information content (AvgIpc) is 3.32. The van der Waals surface area contributed by atoms with Crippen molar-refractivity contribution in [3.63, 3.8) is 0 Å². The fourth-order valence-electron chi connectivity index (χ4n) is 4.29. The first-order chi connectivity index (χ1) is 11.3. The third-order valence-corrected chi connectivity index (χ3v) is 5.41. The molecule has 8 heteroatoms. The second-order valence-electron chi connectivity index (χ2n) is 6.70. The Hall–Kier alpha value is -0.900. The van der Waals surface area contributed by atoms with Gasteiger partial charge in [-0.1, -0.05) is 12.1 Å². The number of guanidine groups is 1. The second-order valence-corrected chi connectivity index (χ2v) is 6.70. The van der Waals surface area contributed by atoms with Gasteiger partial charge in [0.1, 0.15) is 0 Å². The predicted octanol–water partition coefficient (Wildman–Crippen LogP) is 1.48. The van der Waals surface area contributed by atoms with Crippen LogP contribution in [0.3, 0.4) is 0 Å². The Labute approximate surface area is 159 Å². The number of hydrogen-bond donors (Lipinski definition) is 1. The van der Waals surface area contributed by atoms with E-state index in [2.05, 4.69) is 25.3 Å². The van der Waals surface area contributed by atoms with Crippen LogP contribution in [0.4, 0.5) is 0 Å². The van der Waals surface area contributed by atoms with Crippen molar-refractivity contribution >= 4 is 29.9 Å². The summed E-state index contributed by atoms with van der Waals surface area (Å²) in [6, 6.07) is 0. The van der Waals surface area contributed by atoms with E-state index in [0.29, 0.717) is 29.9 Å². The van der Waals surface area contributed by atoms with E-state index in [1.54, 1.807) is 0 Å². The van der Waals surface area contributed by atoms with Crippen LogP contribution in [0, 0.1) is 11.8 Å². The summed E-state index contributed by atoms with van der Waals surface area (Å²) in [4.78, 5) is 11.2. The number of aryl methyl sites for hydroxylation is 1. The van der Waals surface area contributed by atoms with Crippen LogP contribution >= 0.6 is 24.0 Å². The molecule has 3 aliphatic heterocycles. The van der Waals surface area contributed by atoms with Crippen molar-refractivity contribution in [2.24, 2.45) is 16.8 Å². The van der Waals surface area contributed by atoms with Crippen molar-refractivity contribution in [3.8, 4) is 0 Å².